The Morgan fingerprint density at radius 1 is 1.37 bits per heavy atom. The molecule has 0 saturated heterocycles. The number of allylic oxidation sites excluding steroid dienone is 1. The van der Waals surface area contributed by atoms with Crippen LogP contribution >= 0.6 is 11.3 Å². The largest absolute Gasteiger partial charge is 0.463 e. The van der Waals surface area contributed by atoms with Gasteiger partial charge in [-0.05, 0) is 45.6 Å². The number of aryl methyl sites for hydroxylation is 2. The van der Waals surface area contributed by atoms with E-state index in [1.807, 2.05) is 31.4 Å². The van der Waals surface area contributed by atoms with Crippen molar-refractivity contribution in [2.45, 2.75) is 40.2 Å². The van der Waals surface area contributed by atoms with E-state index in [0.717, 1.165) is 23.4 Å². The molecule has 0 aromatic carbocycles. The topological polar surface area (TPSA) is 87.3 Å². The van der Waals surface area contributed by atoms with Crippen LogP contribution in [-0.2, 0) is 16.0 Å². The summed E-state index contributed by atoms with van der Waals surface area (Å²) in [5.74, 6) is -0.416. The van der Waals surface area contributed by atoms with Crippen LogP contribution in [0.4, 0.5) is 4.79 Å². The van der Waals surface area contributed by atoms with Crippen molar-refractivity contribution in [3.8, 4) is 0 Å². The Labute approximate surface area is 162 Å². The van der Waals surface area contributed by atoms with Gasteiger partial charge in [-0.15, -0.1) is 11.3 Å². The maximum Gasteiger partial charge on any atom is 0.338 e. The van der Waals surface area contributed by atoms with E-state index >= 15 is 0 Å². The number of nitrogens with one attached hydrogen (secondary N) is 2. The molecule has 0 radical (unpaired) electrons. The Balaban J connectivity index is 1.98. The molecular formula is C19H24N4O3S. The van der Waals surface area contributed by atoms with Gasteiger partial charge in [-0.3, -0.25) is 10.00 Å². The molecule has 7 nitrogen and oxygen atoms in total. The van der Waals surface area contributed by atoms with Gasteiger partial charge in [0.05, 0.1) is 23.9 Å². The molecular weight excluding hydrogens is 364 g/mol. The number of hydrogen-bond acceptors (Lipinski definition) is 5. The van der Waals surface area contributed by atoms with Crippen LogP contribution in [0.15, 0.2) is 28.8 Å². The third-order valence-electron chi connectivity index (χ3n) is 4.73. The van der Waals surface area contributed by atoms with Gasteiger partial charge in [0, 0.05) is 28.4 Å². The summed E-state index contributed by atoms with van der Waals surface area (Å²) in [7, 11) is 0. The molecule has 1 aliphatic heterocycles. The predicted molar refractivity (Wildman–Crippen MR) is 103 cm³/mol. The van der Waals surface area contributed by atoms with Crippen molar-refractivity contribution in [3.63, 3.8) is 0 Å². The number of thiophene rings is 1. The van der Waals surface area contributed by atoms with Gasteiger partial charge in [0.25, 0.3) is 0 Å². The van der Waals surface area contributed by atoms with Gasteiger partial charge >= 0.3 is 12.0 Å². The van der Waals surface area contributed by atoms with Crippen molar-refractivity contribution >= 4 is 23.3 Å². The van der Waals surface area contributed by atoms with Crippen LogP contribution in [0.2, 0.25) is 0 Å². The van der Waals surface area contributed by atoms with Crippen molar-refractivity contribution in [2.75, 3.05) is 13.2 Å². The number of aromatic amines is 1. The fraction of sp³-hybridized carbons (Fsp3) is 0.421. The molecule has 2 amide bonds. The first-order valence-electron chi connectivity index (χ1n) is 8.93. The van der Waals surface area contributed by atoms with Gasteiger partial charge in [0.15, 0.2) is 0 Å². The number of urea groups is 1. The maximum atomic E-state index is 12.8. The first-order chi connectivity index (χ1) is 12.9. The normalized spacial score (nSPS) is 17.3. The van der Waals surface area contributed by atoms with E-state index in [2.05, 4.69) is 15.5 Å². The number of carbonyl (C=O) groups excluding carboxylic acids is 2. The lowest BCUT2D eigenvalue weighted by atomic mass is 9.93. The Bertz CT molecular complexity index is 850. The molecule has 1 aliphatic rings. The minimum atomic E-state index is -0.576. The summed E-state index contributed by atoms with van der Waals surface area (Å²) >= 11 is 1.65. The van der Waals surface area contributed by atoms with E-state index in [1.54, 1.807) is 30.1 Å². The third-order valence-corrected chi connectivity index (χ3v) is 5.66. The number of nitrogens with zero attached hydrogens (tertiary/aromatic N) is 2. The molecule has 27 heavy (non-hydrogen) atoms. The first kappa shape index (κ1) is 19.2. The third kappa shape index (κ3) is 3.75. The number of esters is 1. The van der Waals surface area contributed by atoms with E-state index in [-0.39, 0.29) is 12.6 Å². The molecule has 0 bridgehead atoms. The van der Waals surface area contributed by atoms with Crippen LogP contribution in [0.25, 0.3) is 0 Å². The molecule has 2 aromatic heterocycles. The van der Waals surface area contributed by atoms with Crippen LogP contribution in [0, 0.1) is 13.8 Å². The van der Waals surface area contributed by atoms with Crippen LogP contribution < -0.4 is 5.32 Å². The minimum absolute atomic E-state index is 0.220. The molecule has 0 fully saturated rings. The van der Waals surface area contributed by atoms with E-state index < -0.39 is 12.0 Å². The summed E-state index contributed by atoms with van der Waals surface area (Å²) in [5, 5.41) is 12.1. The second kappa shape index (κ2) is 7.96. The molecule has 3 heterocycles. The van der Waals surface area contributed by atoms with Crippen molar-refractivity contribution in [1.29, 1.82) is 0 Å². The molecule has 0 aliphatic carbocycles. The zero-order valence-corrected chi connectivity index (χ0v) is 16.8. The maximum absolute atomic E-state index is 12.8. The van der Waals surface area contributed by atoms with E-state index in [9.17, 15) is 9.59 Å². The number of rotatable bonds is 6. The minimum Gasteiger partial charge on any atom is -0.463 e. The van der Waals surface area contributed by atoms with Gasteiger partial charge in [-0.2, -0.15) is 5.10 Å². The van der Waals surface area contributed by atoms with E-state index in [1.165, 1.54) is 4.88 Å². The number of H-pyrrole nitrogens is 1. The average Bonchev–Trinajstić information content (AvgIpc) is 3.24. The summed E-state index contributed by atoms with van der Waals surface area (Å²) in [6, 6.07) is 3.23. The van der Waals surface area contributed by atoms with E-state index in [4.69, 9.17) is 4.74 Å². The molecule has 2 aromatic rings. The summed E-state index contributed by atoms with van der Waals surface area (Å²) < 4.78 is 5.29. The standard InChI is InChI=1S/C19H24N4O3S/c1-5-26-18(24)16-13(4)23(9-8-14-7-6-10-27-14)19(25)20-17(16)15-11(2)21-22-12(15)3/h6-7,10,17H,5,8-9H2,1-4H3,(H,20,25)(H,21,22). The Morgan fingerprint density at radius 2 is 2.15 bits per heavy atom. The Morgan fingerprint density at radius 3 is 2.74 bits per heavy atom. The monoisotopic (exact) mass is 388 g/mol. The van der Waals surface area contributed by atoms with Crippen LogP contribution in [0.1, 0.15) is 41.7 Å². The lowest BCUT2D eigenvalue weighted by Gasteiger charge is -2.35. The number of aromatic nitrogens is 2. The number of hydrogen-bond donors (Lipinski definition) is 2. The molecule has 2 N–H and O–H groups in total. The van der Waals surface area contributed by atoms with Crippen molar-refractivity contribution < 1.29 is 14.3 Å². The molecule has 8 heteroatoms. The first-order valence-corrected chi connectivity index (χ1v) is 9.81. The summed E-state index contributed by atoms with van der Waals surface area (Å²) in [4.78, 5) is 28.4. The number of carbonyl (C=O) groups is 2. The lowest BCUT2D eigenvalue weighted by molar-refractivity contribution is -0.139. The highest BCUT2D eigenvalue weighted by Gasteiger charge is 2.38. The zero-order valence-electron chi connectivity index (χ0n) is 16.0. The van der Waals surface area contributed by atoms with Crippen molar-refractivity contribution in [1.82, 2.24) is 20.4 Å². The second-order valence-electron chi connectivity index (χ2n) is 6.43. The van der Waals surface area contributed by atoms with Gasteiger partial charge in [0.2, 0.25) is 0 Å². The van der Waals surface area contributed by atoms with Crippen LogP contribution in [0.3, 0.4) is 0 Å². The Hall–Kier alpha value is -2.61. The second-order valence-corrected chi connectivity index (χ2v) is 7.46. The highest BCUT2D eigenvalue weighted by molar-refractivity contribution is 7.09. The number of amides is 2. The molecule has 144 valence electrons. The van der Waals surface area contributed by atoms with Gasteiger partial charge in [0.1, 0.15) is 0 Å². The van der Waals surface area contributed by atoms with Crippen molar-refractivity contribution in [2.24, 2.45) is 0 Å². The number of ether oxygens (including phenoxy) is 1. The van der Waals surface area contributed by atoms with Gasteiger partial charge in [-0.1, -0.05) is 6.07 Å². The Kier molecular flexibility index (Phi) is 5.65. The molecule has 0 saturated carbocycles. The lowest BCUT2D eigenvalue weighted by Crippen LogP contribution is -2.48. The fourth-order valence-electron chi connectivity index (χ4n) is 3.40. The van der Waals surface area contributed by atoms with E-state index in [0.29, 0.717) is 17.8 Å². The molecule has 3 rings (SSSR count). The zero-order chi connectivity index (χ0) is 19.6. The van der Waals surface area contributed by atoms with Crippen LogP contribution in [-0.4, -0.2) is 40.2 Å². The predicted octanol–water partition coefficient (Wildman–Crippen LogP) is 3.23. The fourth-order valence-corrected chi connectivity index (χ4v) is 4.10. The summed E-state index contributed by atoms with van der Waals surface area (Å²) in [6.07, 6.45) is 0.729. The van der Waals surface area contributed by atoms with Gasteiger partial charge in [-0.25, -0.2) is 9.59 Å². The van der Waals surface area contributed by atoms with Gasteiger partial charge < -0.3 is 10.1 Å². The smallest absolute Gasteiger partial charge is 0.338 e. The molecule has 1 unspecified atom stereocenters. The quantitative estimate of drug-likeness (QED) is 0.744. The highest BCUT2D eigenvalue weighted by Crippen LogP contribution is 2.34. The molecule has 1 atom stereocenters. The highest BCUT2D eigenvalue weighted by atomic mass is 32.1. The summed E-state index contributed by atoms with van der Waals surface area (Å²) in [6.45, 7) is 8.07. The summed E-state index contributed by atoms with van der Waals surface area (Å²) in [5.41, 5.74) is 3.46. The van der Waals surface area contributed by atoms with Crippen molar-refractivity contribution in [3.05, 3.63) is 50.6 Å². The average molecular weight is 388 g/mol. The molecule has 0 spiro atoms. The SMILES string of the molecule is CCOC(=O)C1=C(C)N(CCc2cccs2)C(=O)NC1c1c(C)n[nH]c1C. The van der Waals surface area contributed by atoms with Crippen LogP contribution in [0.5, 0.6) is 0 Å².